The van der Waals surface area contributed by atoms with Gasteiger partial charge in [-0.05, 0) is 32.2 Å². The third kappa shape index (κ3) is 3.68. The van der Waals surface area contributed by atoms with Gasteiger partial charge in [0.15, 0.2) is 0 Å². The van der Waals surface area contributed by atoms with Crippen LogP contribution >= 0.6 is 0 Å². The highest BCUT2D eigenvalue weighted by atomic mass is 32.2. The smallest absolute Gasteiger partial charge is 0.282 e. The van der Waals surface area contributed by atoms with Gasteiger partial charge in [-0.3, -0.25) is 0 Å². The second kappa shape index (κ2) is 7.02. The SMILES string of the molecule is CCCC1CCCCN1S(=O)(=O)N1CCCNCC1. The van der Waals surface area contributed by atoms with Gasteiger partial charge in [0.1, 0.15) is 0 Å². The summed E-state index contributed by atoms with van der Waals surface area (Å²) in [4.78, 5) is 0. The lowest BCUT2D eigenvalue weighted by molar-refractivity contribution is 0.221. The zero-order chi connectivity index (χ0) is 13.7. The molecule has 112 valence electrons. The fourth-order valence-corrected chi connectivity index (χ4v) is 5.03. The zero-order valence-electron chi connectivity index (χ0n) is 12.0. The number of rotatable bonds is 4. The van der Waals surface area contributed by atoms with E-state index in [4.69, 9.17) is 0 Å². The van der Waals surface area contributed by atoms with E-state index in [0.29, 0.717) is 19.6 Å². The van der Waals surface area contributed by atoms with Crippen LogP contribution in [0.15, 0.2) is 0 Å². The lowest BCUT2D eigenvalue weighted by Crippen LogP contribution is -2.51. The van der Waals surface area contributed by atoms with E-state index >= 15 is 0 Å². The summed E-state index contributed by atoms with van der Waals surface area (Å²) in [7, 11) is -3.25. The minimum absolute atomic E-state index is 0.222. The lowest BCUT2D eigenvalue weighted by Gasteiger charge is -2.37. The Balaban J connectivity index is 2.11. The first-order chi connectivity index (χ1) is 9.16. The molecule has 5 nitrogen and oxygen atoms in total. The fourth-order valence-electron chi connectivity index (χ4n) is 3.10. The van der Waals surface area contributed by atoms with Gasteiger partial charge in [0.2, 0.25) is 0 Å². The summed E-state index contributed by atoms with van der Waals surface area (Å²) in [5.74, 6) is 0. The maximum Gasteiger partial charge on any atom is 0.282 e. The first kappa shape index (κ1) is 15.2. The Labute approximate surface area is 117 Å². The van der Waals surface area contributed by atoms with Crippen molar-refractivity contribution >= 4 is 10.2 Å². The summed E-state index contributed by atoms with van der Waals surface area (Å²) in [6, 6.07) is 0.222. The molecule has 19 heavy (non-hydrogen) atoms. The van der Waals surface area contributed by atoms with E-state index in [0.717, 1.165) is 51.6 Å². The molecule has 2 heterocycles. The van der Waals surface area contributed by atoms with E-state index < -0.39 is 10.2 Å². The molecule has 0 bridgehead atoms. The molecule has 2 saturated heterocycles. The molecule has 1 unspecified atom stereocenters. The summed E-state index contributed by atoms with van der Waals surface area (Å²) in [6.45, 7) is 5.80. The second-order valence-corrected chi connectivity index (χ2v) is 7.44. The monoisotopic (exact) mass is 289 g/mol. The van der Waals surface area contributed by atoms with Crippen LogP contribution in [0.5, 0.6) is 0 Å². The van der Waals surface area contributed by atoms with Crippen molar-refractivity contribution in [3.8, 4) is 0 Å². The normalized spacial score (nSPS) is 28.2. The van der Waals surface area contributed by atoms with E-state index in [1.165, 1.54) is 0 Å². The fraction of sp³-hybridized carbons (Fsp3) is 1.00. The van der Waals surface area contributed by atoms with Gasteiger partial charge in [0, 0.05) is 32.2 Å². The second-order valence-electron chi connectivity index (χ2n) is 5.56. The quantitative estimate of drug-likeness (QED) is 0.845. The molecule has 0 aromatic carbocycles. The van der Waals surface area contributed by atoms with Crippen LogP contribution in [0, 0.1) is 0 Å². The summed E-state index contributed by atoms with van der Waals surface area (Å²) < 4.78 is 29.1. The van der Waals surface area contributed by atoms with Crippen molar-refractivity contribution in [3.63, 3.8) is 0 Å². The van der Waals surface area contributed by atoms with Crippen LogP contribution in [-0.4, -0.2) is 55.8 Å². The van der Waals surface area contributed by atoms with Crippen LogP contribution in [0.3, 0.4) is 0 Å². The van der Waals surface area contributed by atoms with Crippen LogP contribution in [-0.2, 0) is 10.2 Å². The van der Waals surface area contributed by atoms with Gasteiger partial charge >= 0.3 is 0 Å². The van der Waals surface area contributed by atoms with Crippen LogP contribution in [0.1, 0.15) is 45.4 Å². The Bertz CT molecular complexity index is 362. The van der Waals surface area contributed by atoms with Crippen molar-refractivity contribution in [3.05, 3.63) is 0 Å². The van der Waals surface area contributed by atoms with Gasteiger partial charge in [-0.25, -0.2) is 0 Å². The molecular weight excluding hydrogens is 262 g/mol. The summed E-state index contributed by atoms with van der Waals surface area (Å²) in [5.41, 5.74) is 0. The van der Waals surface area contributed by atoms with Crippen LogP contribution in [0.2, 0.25) is 0 Å². The summed E-state index contributed by atoms with van der Waals surface area (Å²) in [5, 5.41) is 3.26. The maximum absolute atomic E-state index is 12.8. The van der Waals surface area contributed by atoms with E-state index in [9.17, 15) is 8.42 Å². The largest absolute Gasteiger partial charge is 0.315 e. The van der Waals surface area contributed by atoms with E-state index in [-0.39, 0.29) is 6.04 Å². The number of piperidine rings is 1. The molecule has 6 heteroatoms. The van der Waals surface area contributed by atoms with Crippen LogP contribution in [0.4, 0.5) is 0 Å². The summed E-state index contributed by atoms with van der Waals surface area (Å²) in [6.07, 6.45) is 6.15. The van der Waals surface area contributed by atoms with Crippen LogP contribution in [0.25, 0.3) is 0 Å². The molecule has 0 amide bonds. The number of hydrogen-bond acceptors (Lipinski definition) is 3. The van der Waals surface area contributed by atoms with E-state index in [2.05, 4.69) is 12.2 Å². The molecule has 0 aromatic heterocycles. The van der Waals surface area contributed by atoms with Gasteiger partial charge in [-0.15, -0.1) is 0 Å². The molecule has 2 aliphatic rings. The Morgan fingerprint density at radius 3 is 2.74 bits per heavy atom. The molecule has 2 aliphatic heterocycles. The Morgan fingerprint density at radius 1 is 1.11 bits per heavy atom. The Kier molecular flexibility index (Phi) is 5.62. The number of nitrogens with one attached hydrogen (secondary N) is 1. The van der Waals surface area contributed by atoms with E-state index in [1.54, 1.807) is 8.61 Å². The van der Waals surface area contributed by atoms with Gasteiger partial charge < -0.3 is 5.32 Å². The predicted octanol–water partition coefficient (Wildman–Crippen LogP) is 1.18. The Hall–Kier alpha value is -0.170. The molecule has 0 spiro atoms. The molecule has 0 aromatic rings. The molecule has 0 saturated carbocycles. The number of nitrogens with zero attached hydrogens (tertiary/aromatic N) is 2. The van der Waals surface area contributed by atoms with Gasteiger partial charge in [0.25, 0.3) is 10.2 Å². The molecular formula is C13H27N3O2S. The minimum atomic E-state index is -3.25. The predicted molar refractivity (Wildman–Crippen MR) is 77.2 cm³/mol. The minimum Gasteiger partial charge on any atom is -0.315 e. The summed E-state index contributed by atoms with van der Waals surface area (Å²) >= 11 is 0. The highest BCUT2D eigenvalue weighted by molar-refractivity contribution is 7.86. The lowest BCUT2D eigenvalue weighted by atomic mass is 10.0. The van der Waals surface area contributed by atoms with Crippen molar-refractivity contribution in [2.45, 2.75) is 51.5 Å². The average Bonchev–Trinajstić information content (AvgIpc) is 2.69. The van der Waals surface area contributed by atoms with E-state index in [1.807, 2.05) is 0 Å². The molecule has 0 radical (unpaired) electrons. The van der Waals surface area contributed by atoms with Gasteiger partial charge in [-0.1, -0.05) is 19.8 Å². The highest BCUT2D eigenvalue weighted by Crippen LogP contribution is 2.25. The Morgan fingerprint density at radius 2 is 1.95 bits per heavy atom. The topological polar surface area (TPSA) is 52.7 Å². The van der Waals surface area contributed by atoms with Crippen molar-refractivity contribution < 1.29 is 8.42 Å². The number of hydrogen-bond donors (Lipinski definition) is 1. The third-order valence-electron chi connectivity index (χ3n) is 4.12. The molecule has 2 fully saturated rings. The molecule has 0 aliphatic carbocycles. The standard InChI is InChI=1S/C13H27N3O2S/c1-2-6-13-7-3-4-11-16(13)19(17,18)15-10-5-8-14-9-12-15/h13-14H,2-12H2,1H3. The average molecular weight is 289 g/mol. The first-order valence-electron chi connectivity index (χ1n) is 7.64. The van der Waals surface area contributed by atoms with Gasteiger partial charge in [0.05, 0.1) is 0 Å². The molecule has 1 N–H and O–H groups in total. The van der Waals surface area contributed by atoms with Crippen molar-refractivity contribution in [2.75, 3.05) is 32.7 Å². The zero-order valence-corrected chi connectivity index (χ0v) is 12.8. The van der Waals surface area contributed by atoms with Crippen molar-refractivity contribution in [1.29, 1.82) is 0 Å². The van der Waals surface area contributed by atoms with Crippen molar-refractivity contribution in [2.24, 2.45) is 0 Å². The van der Waals surface area contributed by atoms with Gasteiger partial charge in [-0.2, -0.15) is 17.0 Å². The highest BCUT2D eigenvalue weighted by Gasteiger charge is 2.35. The molecule has 2 rings (SSSR count). The third-order valence-corrected chi connectivity index (χ3v) is 6.21. The first-order valence-corrected chi connectivity index (χ1v) is 9.03. The van der Waals surface area contributed by atoms with Crippen molar-refractivity contribution in [1.82, 2.24) is 13.9 Å². The maximum atomic E-state index is 12.8. The molecule has 1 atom stereocenters. The van der Waals surface area contributed by atoms with Crippen LogP contribution < -0.4 is 5.32 Å².